The SMILES string of the molecule is CCNc1ccc(C(=O)NCC(C)(C)C)cc1C(F)(F)F. The smallest absolute Gasteiger partial charge is 0.385 e. The molecule has 0 aliphatic rings. The lowest BCUT2D eigenvalue weighted by molar-refractivity contribution is -0.137. The standard InChI is InChI=1S/C15H21F3N2O/c1-5-19-12-7-6-10(8-11(12)15(16,17)18)13(21)20-9-14(2,3)4/h6-8,19H,5,9H2,1-4H3,(H,20,21). The minimum Gasteiger partial charge on any atom is -0.385 e. The first-order chi connectivity index (χ1) is 9.54. The number of hydrogen-bond acceptors (Lipinski definition) is 2. The van der Waals surface area contributed by atoms with E-state index in [1.165, 1.54) is 12.1 Å². The number of alkyl halides is 3. The van der Waals surface area contributed by atoms with Crippen molar-refractivity contribution in [2.24, 2.45) is 5.41 Å². The molecule has 0 fully saturated rings. The number of nitrogens with one attached hydrogen (secondary N) is 2. The largest absolute Gasteiger partial charge is 0.418 e. The molecule has 0 heterocycles. The van der Waals surface area contributed by atoms with Gasteiger partial charge in [0, 0.05) is 24.3 Å². The minimum absolute atomic E-state index is 0.00762. The van der Waals surface area contributed by atoms with Crippen LogP contribution in [0.4, 0.5) is 18.9 Å². The number of halogens is 3. The molecule has 1 aromatic carbocycles. The second-order valence-electron chi connectivity index (χ2n) is 6.03. The van der Waals surface area contributed by atoms with Gasteiger partial charge in [0.05, 0.1) is 5.56 Å². The summed E-state index contributed by atoms with van der Waals surface area (Å²) < 4.78 is 39.1. The fourth-order valence-electron chi connectivity index (χ4n) is 1.71. The van der Waals surface area contributed by atoms with Crippen LogP contribution in [0.2, 0.25) is 0 Å². The first-order valence-corrected chi connectivity index (χ1v) is 6.78. The number of carbonyl (C=O) groups excluding carboxylic acids is 1. The van der Waals surface area contributed by atoms with Crippen LogP contribution < -0.4 is 10.6 Å². The van der Waals surface area contributed by atoms with Gasteiger partial charge in [0.15, 0.2) is 0 Å². The second kappa shape index (κ2) is 6.37. The average molecular weight is 302 g/mol. The topological polar surface area (TPSA) is 41.1 Å². The van der Waals surface area contributed by atoms with E-state index in [4.69, 9.17) is 0 Å². The van der Waals surface area contributed by atoms with E-state index in [1.54, 1.807) is 6.92 Å². The predicted octanol–water partition coefficient (Wildman–Crippen LogP) is 3.91. The van der Waals surface area contributed by atoms with Crippen LogP contribution in [0.3, 0.4) is 0 Å². The summed E-state index contributed by atoms with van der Waals surface area (Å²) in [5, 5.41) is 5.30. The molecule has 0 aromatic heterocycles. The van der Waals surface area contributed by atoms with Gasteiger partial charge in [-0.05, 0) is 30.5 Å². The number of benzene rings is 1. The molecule has 0 radical (unpaired) electrons. The lowest BCUT2D eigenvalue weighted by Crippen LogP contribution is -2.32. The van der Waals surface area contributed by atoms with Crippen LogP contribution in [0.15, 0.2) is 18.2 Å². The van der Waals surface area contributed by atoms with E-state index >= 15 is 0 Å². The van der Waals surface area contributed by atoms with E-state index in [2.05, 4.69) is 10.6 Å². The first-order valence-electron chi connectivity index (χ1n) is 6.78. The van der Waals surface area contributed by atoms with Gasteiger partial charge in [-0.2, -0.15) is 13.2 Å². The van der Waals surface area contributed by atoms with Crippen molar-refractivity contribution in [3.63, 3.8) is 0 Å². The highest BCUT2D eigenvalue weighted by molar-refractivity contribution is 5.95. The zero-order chi connectivity index (χ0) is 16.3. The third kappa shape index (κ3) is 5.28. The third-order valence-electron chi connectivity index (χ3n) is 2.73. The molecular formula is C15H21F3N2O. The molecule has 0 unspecified atom stereocenters. The van der Waals surface area contributed by atoms with Crippen molar-refractivity contribution >= 4 is 11.6 Å². The first kappa shape index (κ1) is 17.3. The molecule has 0 saturated heterocycles. The highest BCUT2D eigenvalue weighted by atomic mass is 19.4. The van der Waals surface area contributed by atoms with Crippen LogP contribution in [-0.4, -0.2) is 19.0 Å². The fourth-order valence-corrected chi connectivity index (χ4v) is 1.71. The summed E-state index contributed by atoms with van der Waals surface area (Å²) in [6.07, 6.45) is -4.50. The summed E-state index contributed by atoms with van der Waals surface area (Å²) in [5.41, 5.74) is -0.968. The molecule has 0 saturated carbocycles. The minimum atomic E-state index is -4.50. The Morgan fingerprint density at radius 2 is 1.81 bits per heavy atom. The molecule has 3 nitrogen and oxygen atoms in total. The van der Waals surface area contributed by atoms with Crippen LogP contribution in [-0.2, 0) is 6.18 Å². The van der Waals surface area contributed by atoms with Gasteiger partial charge in [-0.3, -0.25) is 4.79 Å². The molecule has 0 spiro atoms. The Balaban J connectivity index is 3.02. The van der Waals surface area contributed by atoms with Gasteiger partial charge in [0.25, 0.3) is 5.91 Å². The van der Waals surface area contributed by atoms with Crippen LogP contribution in [0.5, 0.6) is 0 Å². The summed E-state index contributed by atoms with van der Waals surface area (Å²) in [5.74, 6) is -0.501. The molecule has 0 aliphatic carbocycles. The molecule has 1 amide bonds. The number of amides is 1. The van der Waals surface area contributed by atoms with Crippen LogP contribution in [0, 0.1) is 5.41 Å². The Morgan fingerprint density at radius 1 is 1.19 bits per heavy atom. The maximum atomic E-state index is 13.0. The highest BCUT2D eigenvalue weighted by Crippen LogP contribution is 2.35. The van der Waals surface area contributed by atoms with Gasteiger partial charge in [-0.25, -0.2) is 0 Å². The van der Waals surface area contributed by atoms with Crippen molar-refractivity contribution in [1.29, 1.82) is 0 Å². The van der Waals surface area contributed by atoms with E-state index in [0.717, 1.165) is 6.07 Å². The van der Waals surface area contributed by atoms with Gasteiger partial charge >= 0.3 is 6.18 Å². The Hall–Kier alpha value is -1.72. The number of rotatable bonds is 4. The maximum Gasteiger partial charge on any atom is 0.418 e. The number of carbonyl (C=O) groups is 1. The summed E-state index contributed by atoms with van der Waals surface area (Å²) in [7, 11) is 0. The van der Waals surface area contributed by atoms with Crippen LogP contribution >= 0.6 is 0 Å². The van der Waals surface area contributed by atoms with Crippen molar-refractivity contribution in [2.75, 3.05) is 18.4 Å². The average Bonchev–Trinajstić information content (AvgIpc) is 2.34. The normalized spacial score (nSPS) is 12.1. The highest BCUT2D eigenvalue weighted by Gasteiger charge is 2.34. The Kier molecular flexibility index (Phi) is 5.25. The van der Waals surface area contributed by atoms with Crippen LogP contribution in [0.1, 0.15) is 43.6 Å². The summed E-state index contributed by atoms with van der Waals surface area (Å²) in [6, 6.07) is 3.57. The molecule has 1 aromatic rings. The van der Waals surface area contributed by atoms with Crippen molar-refractivity contribution in [2.45, 2.75) is 33.9 Å². The molecule has 1 rings (SSSR count). The summed E-state index contributed by atoms with van der Waals surface area (Å²) >= 11 is 0. The predicted molar refractivity (Wildman–Crippen MR) is 77.4 cm³/mol. The van der Waals surface area contributed by atoms with Crippen LogP contribution in [0.25, 0.3) is 0 Å². The van der Waals surface area contributed by atoms with Gasteiger partial charge in [-0.1, -0.05) is 20.8 Å². The zero-order valence-corrected chi connectivity index (χ0v) is 12.7. The Labute approximate surface area is 122 Å². The van der Waals surface area contributed by atoms with Gasteiger partial charge in [0.2, 0.25) is 0 Å². The molecule has 0 atom stereocenters. The third-order valence-corrected chi connectivity index (χ3v) is 2.73. The lowest BCUT2D eigenvalue weighted by atomic mass is 9.97. The lowest BCUT2D eigenvalue weighted by Gasteiger charge is -2.19. The quantitative estimate of drug-likeness (QED) is 0.885. The molecule has 6 heteroatoms. The van der Waals surface area contributed by atoms with E-state index in [0.29, 0.717) is 13.1 Å². The van der Waals surface area contributed by atoms with Crippen molar-refractivity contribution in [3.8, 4) is 0 Å². The van der Waals surface area contributed by atoms with Crippen molar-refractivity contribution < 1.29 is 18.0 Å². The van der Waals surface area contributed by atoms with Gasteiger partial charge in [-0.15, -0.1) is 0 Å². The molecule has 118 valence electrons. The number of hydrogen-bond donors (Lipinski definition) is 2. The zero-order valence-electron chi connectivity index (χ0n) is 12.7. The molecule has 21 heavy (non-hydrogen) atoms. The van der Waals surface area contributed by atoms with Gasteiger partial charge < -0.3 is 10.6 Å². The number of anilines is 1. The monoisotopic (exact) mass is 302 g/mol. The van der Waals surface area contributed by atoms with E-state index < -0.39 is 17.6 Å². The van der Waals surface area contributed by atoms with Crippen molar-refractivity contribution in [3.05, 3.63) is 29.3 Å². The Morgan fingerprint density at radius 3 is 2.29 bits per heavy atom. The summed E-state index contributed by atoms with van der Waals surface area (Å²) in [4.78, 5) is 11.9. The molecule has 0 bridgehead atoms. The fraction of sp³-hybridized carbons (Fsp3) is 0.533. The van der Waals surface area contributed by atoms with E-state index in [-0.39, 0.29) is 16.7 Å². The second-order valence-corrected chi connectivity index (χ2v) is 6.03. The Bertz CT molecular complexity index is 505. The molecule has 2 N–H and O–H groups in total. The van der Waals surface area contributed by atoms with Gasteiger partial charge in [0.1, 0.15) is 0 Å². The van der Waals surface area contributed by atoms with E-state index in [9.17, 15) is 18.0 Å². The van der Waals surface area contributed by atoms with E-state index in [1.807, 2.05) is 20.8 Å². The maximum absolute atomic E-state index is 13.0. The molecular weight excluding hydrogens is 281 g/mol. The molecule has 0 aliphatic heterocycles. The summed E-state index contributed by atoms with van der Waals surface area (Å²) in [6.45, 7) is 8.28. The van der Waals surface area contributed by atoms with Crippen molar-refractivity contribution in [1.82, 2.24) is 5.32 Å².